The number of H-pyrrole nitrogens is 1. The molecule has 5 nitrogen and oxygen atoms in total. The largest absolute Gasteiger partial charge is 0.328 e. The van der Waals surface area contributed by atoms with Gasteiger partial charge in [0.25, 0.3) is 5.56 Å². The average molecular weight is 339 g/mol. The number of aromatic nitrogens is 1. The molecule has 1 aromatic heterocycles. The van der Waals surface area contributed by atoms with E-state index < -0.39 is 0 Å². The summed E-state index contributed by atoms with van der Waals surface area (Å²) in [7, 11) is 1.67. The molecule has 0 unspecified atom stereocenters. The Labute approximate surface area is 144 Å². The fourth-order valence-electron chi connectivity index (χ4n) is 2.71. The third-order valence-corrected chi connectivity index (χ3v) is 4.29. The van der Waals surface area contributed by atoms with Crippen molar-refractivity contribution < 1.29 is 9.18 Å². The Hall–Kier alpha value is -3.15. The number of fused-ring (bicyclic) bond motifs is 1. The minimum Gasteiger partial charge on any atom is -0.328 e. The van der Waals surface area contributed by atoms with Crippen LogP contribution in [-0.2, 0) is 0 Å². The lowest BCUT2D eigenvalue weighted by Crippen LogP contribution is -2.34. The Balaban J connectivity index is 1.86. The van der Waals surface area contributed by atoms with E-state index in [1.54, 1.807) is 25.4 Å². The lowest BCUT2D eigenvalue weighted by molar-refractivity contribution is 0.208. The first kappa shape index (κ1) is 16.7. The predicted octanol–water partition coefficient (Wildman–Crippen LogP) is 3.89. The monoisotopic (exact) mass is 339 g/mol. The number of nitrogens with zero attached hydrogens (tertiary/aromatic N) is 1. The molecule has 1 atom stereocenters. The van der Waals surface area contributed by atoms with Gasteiger partial charge in [-0.2, -0.15) is 0 Å². The molecular weight excluding hydrogens is 321 g/mol. The van der Waals surface area contributed by atoms with Crippen LogP contribution in [0.1, 0.15) is 18.5 Å². The fraction of sp³-hybridized carbons (Fsp3) is 0.158. The maximum absolute atomic E-state index is 13.0. The van der Waals surface area contributed by atoms with Crippen LogP contribution in [0.4, 0.5) is 14.9 Å². The van der Waals surface area contributed by atoms with Crippen LogP contribution >= 0.6 is 0 Å². The molecule has 3 aromatic rings. The van der Waals surface area contributed by atoms with Crippen LogP contribution in [-0.4, -0.2) is 23.0 Å². The van der Waals surface area contributed by atoms with Gasteiger partial charge in [0.05, 0.1) is 6.04 Å². The number of nitrogens with one attached hydrogen (secondary N) is 2. The van der Waals surface area contributed by atoms with E-state index >= 15 is 0 Å². The molecule has 0 saturated heterocycles. The zero-order chi connectivity index (χ0) is 18.0. The number of aromatic amines is 1. The third kappa shape index (κ3) is 3.38. The molecule has 0 saturated carbocycles. The number of carbonyl (C=O) groups is 1. The third-order valence-electron chi connectivity index (χ3n) is 4.29. The molecule has 25 heavy (non-hydrogen) atoms. The summed E-state index contributed by atoms with van der Waals surface area (Å²) in [6, 6.07) is 12.3. The van der Waals surface area contributed by atoms with Gasteiger partial charge in [-0.15, -0.1) is 0 Å². The van der Waals surface area contributed by atoms with Gasteiger partial charge < -0.3 is 15.2 Å². The average Bonchev–Trinajstić information content (AvgIpc) is 2.63. The minimum atomic E-state index is -0.362. The molecule has 2 N–H and O–H groups in total. The Morgan fingerprint density at radius 3 is 2.44 bits per heavy atom. The highest BCUT2D eigenvalue weighted by molar-refractivity contribution is 5.90. The first-order valence-electron chi connectivity index (χ1n) is 7.87. The first-order chi connectivity index (χ1) is 12.0. The summed E-state index contributed by atoms with van der Waals surface area (Å²) in [6.45, 7) is 1.88. The van der Waals surface area contributed by atoms with Gasteiger partial charge in [0.1, 0.15) is 5.82 Å². The summed E-state index contributed by atoms with van der Waals surface area (Å²) in [4.78, 5) is 28.7. The predicted molar refractivity (Wildman–Crippen MR) is 96.2 cm³/mol. The maximum atomic E-state index is 13.0. The fourth-order valence-corrected chi connectivity index (χ4v) is 2.71. The van der Waals surface area contributed by atoms with Gasteiger partial charge in [0.2, 0.25) is 0 Å². The van der Waals surface area contributed by atoms with Crippen molar-refractivity contribution in [1.29, 1.82) is 0 Å². The molecule has 6 heteroatoms. The topological polar surface area (TPSA) is 65.2 Å². The number of hydrogen-bond acceptors (Lipinski definition) is 2. The molecule has 2 amide bonds. The Morgan fingerprint density at radius 2 is 1.76 bits per heavy atom. The van der Waals surface area contributed by atoms with Gasteiger partial charge in [-0.05, 0) is 48.2 Å². The number of urea groups is 1. The van der Waals surface area contributed by atoms with Crippen LogP contribution in [0.2, 0.25) is 0 Å². The maximum Gasteiger partial charge on any atom is 0.322 e. The van der Waals surface area contributed by atoms with Crippen LogP contribution < -0.4 is 10.9 Å². The van der Waals surface area contributed by atoms with Gasteiger partial charge in [-0.3, -0.25) is 4.79 Å². The molecular formula is C19H18FN3O2. The van der Waals surface area contributed by atoms with Crippen LogP contribution in [0.15, 0.2) is 59.5 Å². The standard InChI is InChI=1S/C19H18FN3O2/c1-12(17-11-21-18(24)16-6-4-3-5-15(16)17)23(2)19(25)22-14-9-7-13(20)8-10-14/h3-12H,1-2H3,(H,21,24)(H,22,25)/t12-/m0/s1. The van der Waals surface area contributed by atoms with Crippen LogP contribution in [0.3, 0.4) is 0 Å². The Kier molecular flexibility index (Phi) is 4.52. The molecule has 0 radical (unpaired) electrons. The Bertz CT molecular complexity index is 966. The summed E-state index contributed by atoms with van der Waals surface area (Å²) < 4.78 is 13.0. The van der Waals surface area contributed by atoms with Crippen molar-refractivity contribution in [2.45, 2.75) is 13.0 Å². The zero-order valence-corrected chi connectivity index (χ0v) is 13.9. The van der Waals surface area contributed by atoms with Crippen molar-refractivity contribution in [1.82, 2.24) is 9.88 Å². The Morgan fingerprint density at radius 1 is 1.12 bits per heavy atom. The SMILES string of the molecule is C[C@@H](c1c[nH]c(=O)c2ccccc12)N(C)C(=O)Nc1ccc(F)cc1. The molecule has 0 fully saturated rings. The number of benzene rings is 2. The van der Waals surface area contributed by atoms with E-state index in [1.807, 2.05) is 19.1 Å². The quantitative estimate of drug-likeness (QED) is 0.760. The molecule has 0 aliphatic carbocycles. The zero-order valence-electron chi connectivity index (χ0n) is 13.9. The van der Waals surface area contributed by atoms with Crippen LogP contribution in [0, 0.1) is 5.82 Å². The summed E-state index contributed by atoms with van der Waals surface area (Å²) >= 11 is 0. The lowest BCUT2D eigenvalue weighted by Gasteiger charge is -2.26. The summed E-state index contributed by atoms with van der Waals surface area (Å²) in [5.41, 5.74) is 1.19. The second-order valence-corrected chi connectivity index (χ2v) is 5.84. The molecule has 0 aliphatic heterocycles. The van der Waals surface area contributed by atoms with Gasteiger partial charge in [0, 0.05) is 24.3 Å². The first-order valence-corrected chi connectivity index (χ1v) is 7.87. The number of pyridine rings is 1. The van der Waals surface area contributed by atoms with Crippen LogP contribution in [0.25, 0.3) is 10.8 Å². The smallest absolute Gasteiger partial charge is 0.322 e. The van der Waals surface area contributed by atoms with Crippen molar-refractivity contribution in [2.24, 2.45) is 0 Å². The van der Waals surface area contributed by atoms with E-state index in [9.17, 15) is 14.0 Å². The second kappa shape index (κ2) is 6.76. The van der Waals surface area contributed by atoms with Crippen molar-refractivity contribution in [2.75, 3.05) is 12.4 Å². The summed E-state index contributed by atoms with van der Waals surface area (Å²) in [6.07, 6.45) is 1.64. The van der Waals surface area contributed by atoms with Gasteiger partial charge in [-0.1, -0.05) is 18.2 Å². The lowest BCUT2D eigenvalue weighted by atomic mass is 10.0. The van der Waals surface area contributed by atoms with E-state index in [4.69, 9.17) is 0 Å². The normalized spacial score (nSPS) is 12.0. The molecule has 0 aliphatic rings. The highest BCUT2D eigenvalue weighted by atomic mass is 19.1. The van der Waals surface area contributed by atoms with E-state index in [0.29, 0.717) is 11.1 Å². The molecule has 2 aromatic carbocycles. The van der Waals surface area contributed by atoms with Crippen molar-refractivity contribution in [3.8, 4) is 0 Å². The van der Waals surface area contributed by atoms with Crippen LogP contribution in [0.5, 0.6) is 0 Å². The van der Waals surface area contributed by atoms with E-state index in [-0.39, 0.29) is 23.4 Å². The van der Waals surface area contributed by atoms with Crippen molar-refractivity contribution >= 4 is 22.5 Å². The highest BCUT2D eigenvalue weighted by Crippen LogP contribution is 2.25. The van der Waals surface area contributed by atoms with Crippen molar-refractivity contribution in [3.63, 3.8) is 0 Å². The van der Waals surface area contributed by atoms with Gasteiger partial charge in [-0.25, -0.2) is 9.18 Å². The number of amides is 2. The number of carbonyl (C=O) groups excluding carboxylic acids is 1. The number of hydrogen-bond donors (Lipinski definition) is 2. The molecule has 3 rings (SSSR count). The van der Waals surface area contributed by atoms with E-state index in [2.05, 4.69) is 10.3 Å². The summed E-state index contributed by atoms with van der Waals surface area (Å²) in [5.74, 6) is -0.362. The molecule has 0 spiro atoms. The number of rotatable bonds is 3. The molecule has 128 valence electrons. The number of anilines is 1. The van der Waals surface area contributed by atoms with E-state index in [1.165, 1.54) is 29.2 Å². The van der Waals surface area contributed by atoms with Crippen molar-refractivity contribution in [3.05, 3.63) is 76.5 Å². The molecule has 1 heterocycles. The highest BCUT2D eigenvalue weighted by Gasteiger charge is 2.20. The summed E-state index contributed by atoms with van der Waals surface area (Å²) in [5, 5.41) is 4.12. The second-order valence-electron chi connectivity index (χ2n) is 5.84. The number of halogens is 1. The minimum absolute atomic E-state index is 0.162. The van der Waals surface area contributed by atoms with Gasteiger partial charge in [0.15, 0.2) is 0 Å². The molecule has 0 bridgehead atoms. The van der Waals surface area contributed by atoms with Gasteiger partial charge >= 0.3 is 6.03 Å². The van der Waals surface area contributed by atoms with E-state index in [0.717, 1.165) is 10.9 Å².